The van der Waals surface area contributed by atoms with Gasteiger partial charge in [0, 0.05) is 23.5 Å². The molecule has 0 saturated heterocycles. The summed E-state index contributed by atoms with van der Waals surface area (Å²) in [5, 5.41) is 12.6. The van der Waals surface area contributed by atoms with Gasteiger partial charge in [-0.15, -0.1) is 0 Å². The Morgan fingerprint density at radius 3 is 2.94 bits per heavy atom. The number of hydrogen-bond donors (Lipinski definition) is 2. The second-order valence-electron chi connectivity index (χ2n) is 4.69. The molecular formula is C14H17N3O. The highest BCUT2D eigenvalue weighted by Gasteiger charge is 2.24. The van der Waals surface area contributed by atoms with Crippen molar-refractivity contribution in [2.75, 3.05) is 5.32 Å². The summed E-state index contributed by atoms with van der Waals surface area (Å²) in [6.07, 6.45) is 6.34. The Balaban J connectivity index is 1.71. The second kappa shape index (κ2) is 4.82. The fourth-order valence-electron chi connectivity index (χ4n) is 2.17. The van der Waals surface area contributed by atoms with Crippen LogP contribution in [0.25, 0.3) is 0 Å². The van der Waals surface area contributed by atoms with E-state index < -0.39 is 0 Å². The highest BCUT2D eigenvalue weighted by atomic mass is 16.3. The molecule has 1 aromatic carbocycles. The van der Waals surface area contributed by atoms with Crippen LogP contribution >= 0.6 is 0 Å². The molecule has 1 heterocycles. The van der Waals surface area contributed by atoms with Crippen LogP contribution in [0.1, 0.15) is 30.1 Å². The maximum absolute atomic E-state index is 9.27. The minimum atomic E-state index is 0.0606. The summed E-state index contributed by atoms with van der Waals surface area (Å²) in [7, 11) is 0. The van der Waals surface area contributed by atoms with E-state index in [1.807, 2.05) is 36.8 Å². The third-order valence-electron chi connectivity index (χ3n) is 3.33. The van der Waals surface area contributed by atoms with Crippen LogP contribution < -0.4 is 5.32 Å². The first-order valence-corrected chi connectivity index (χ1v) is 6.32. The number of aliphatic hydroxyl groups excluding tert-OH is 1. The van der Waals surface area contributed by atoms with Gasteiger partial charge in [-0.25, -0.2) is 4.98 Å². The smallest absolute Gasteiger partial charge is 0.0951 e. The van der Waals surface area contributed by atoms with E-state index in [4.69, 9.17) is 0 Å². The monoisotopic (exact) mass is 243 g/mol. The maximum Gasteiger partial charge on any atom is 0.0951 e. The van der Waals surface area contributed by atoms with Gasteiger partial charge in [0.2, 0.25) is 0 Å². The Labute approximate surface area is 106 Å². The number of rotatable bonds is 5. The molecule has 0 radical (unpaired) electrons. The van der Waals surface area contributed by atoms with Crippen LogP contribution in [0.2, 0.25) is 0 Å². The molecule has 18 heavy (non-hydrogen) atoms. The topological polar surface area (TPSA) is 50.1 Å². The van der Waals surface area contributed by atoms with Crippen LogP contribution in [0.4, 0.5) is 5.69 Å². The lowest BCUT2D eigenvalue weighted by atomic mass is 10.2. The van der Waals surface area contributed by atoms with E-state index in [0.717, 1.165) is 17.8 Å². The minimum Gasteiger partial charge on any atom is -0.392 e. The predicted octanol–water partition coefficient (Wildman–Crippen LogP) is 2.32. The Morgan fingerprint density at radius 1 is 1.33 bits per heavy atom. The first-order valence-electron chi connectivity index (χ1n) is 6.32. The first-order chi connectivity index (χ1) is 8.88. The molecule has 0 amide bonds. The predicted molar refractivity (Wildman–Crippen MR) is 70.2 cm³/mol. The van der Waals surface area contributed by atoms with E-state index in [1.165, 1.54) is 18.5 Å². The molecule has 4 heteroatoms. The molecule has 4 nitrogen and oxygen atoms in total. The van der Waals surface area contributed by atoms with Gasteiger partial charge in [-0.2, -0.15) is 0 Å². The lowest BCUT2D eigenvalue weighted by Crippen LogP contribution is -2.07. The van der Waals surface area contributed by atoms with Crippen molar-refractivity contribution in [1.29, 1.82) is 0 Å². The number of aliphatic hydroxyl groups is 1. The fraction of sp³-hybridized carbons (Fsp3) is 0.357. The van der Waals surface area contributed by atoms with Gasteiger partial charge in [0.1, 0.15) is 0 Å². The van der Waals surface area contributed by atoms with Crippen molar-refractivity contribution in [1.82, 2.24) is 9.55 Å². The number of anilines is 1. The molecule has 2 aromatic rings. The Hall–Kier alpha value is -1.81. The van der Waals surface area contributed by atoms with E-state index in [0.29, 0.717) is 6.04 Å². The molecule has 1 aliphatic carbocycles. The van der Waals surface area contributed by atoms with Gasteiger partial charge in [-0.05, 0) is 18.9 Å². The second-order valence-corrected chi connectivity index (χ2v) is 4.69. The van der Waals surface area contributed by atoms with Crippen LogP contribution in [0.5, 0.6) is 0 Å². The van der Waals surface area contributed by atoms with Crippen LogP contribution in [-0.2, 0) is 13.2 Å². The summed E-state index contributed by atoms with van der Waals surface area (Å²) in [5.74, 6) is 0. The quantitative estimate of drug-likeness (QED) is 0.847. The van der Waals surface area contributed by atoms with Gasteiger partial charge in [0.15, 0.2) is 0 Å². The van der Waals surface area contributed by atoms with Crippen LogP contribution in [0, 0.1) is 0 Å². The van der Waals surface area contributed by atoms with E-state index >= 15 is 0 Å². The van der Waals surface area contributed by atoms with Gasteiger partial charge in [-0.1, -0.05) is 18.2 Å². The number of nitrogens with zero attached hydrogens (tertiary/aromatic N) is 2. The SMILES string of the molecule is OCc1ccccc1NCc1cncn1C1CC1. The highest BCUT2D eigenvalue weighted by molar-refractivity contribution is 5.50. The Kier molecular flexibility index (Phi) is 3.02. The lowest BCUT2D eigenvalue weighted by molar-refractivity contribution is 0.282. The third-order valence-corrected chi connectivity index (χ3v) is 3.33. The normalized spacial score (nSPS) is 14.7. The molecule has 1 saturated carbocycles. The molecule has 2 N–H and O–H groups in total. The largest absolute Gasteiger partial charge is 0.392 e. The van der Waals surface area contributed by atoms with Gasteiger partial charge in [0.25, 0.3) is 0 Å². The minimum absolute atomic E-state index is 0.0606. The van der Waals surface area contributed by atoms with Crippen LogP contribution in [0.3, 0.4) is 0 Å². The third kappa shape index (κ3) is 2.24. The molecule has 1 fully saturated rings. The van der Waals surface area contributed by atoms with Crippen molar-refractivity contribution in [3.05, 3.63) is 48.0 Å². The summed E-state index contributed by atoms with van der Waals surface area (Å²) in [4.78, 5) is 4.21. The molecule has 0 unspecified atom stereocenters. The van der Waals surface area contributed by atoms with Crippen molar-refractivity contribution in [2.45, 2.75) is 32.0 Å². The Morgan fingerprint density at radius 2 is 2.17 bits per heavy atom. The van der Waals surface area contributed by atoms with Gasteiger partial charge in [0.05, 0.1) is 25.2 Å². The standard InChI is InChI=1S/C14H17N3O/c18-9-11-3-1-2-4-14(11)16-8-13-7-15-10-17(13)12-5-6-12/h1-4,7,10,12,16,18H,5-6,8-9H2. The average molecular weight is 243 g/mol. The molecule has 0 bridgehead atoms. The first kappa shape index (κ1) is 11.3. The molecule has 94 valence electrons. The summed E-state index contributed by atoms with van der Waals surface area (Å²) >= 11 is 0. The molecular weight excluding hydrogens is 226 g/mol. The Bertz CT molecular complexity index is 531. The van der Waals surface area contributed by atoms with E-state index in [9.17, 15) is 5.11 Å². The van der Waals surface area contributed by atoms with Crippen molar-refractivity contribution >= 4 is 5.69 Å². The van der Waals surface area contributed by atoms with Crippen LogP contribution in [-0.4, -0.2) is 14.7 Å². The highest BCUT2D eigenvalue weighted by Crippen LogP contribution is 2.35. The van der Waals surface area contributed by atoms with Gasteiger partial charge >= 0.3 is 0 Å². The van der Waals surface area contributed by atoms with Crippen molar-refractivity contribution in [3.63, 3.8) is 0 Å². The average Bonchev–Trinajstić information content (AvgIpc) is 3.16. The van der Waals surface area contributed by atoms with Crippen LogP contribution in [0.15, 0.2) is 36.8 Å². The van der Waals surface area contributed by atoms with E-state index in [2.05, 4.69) is 14.9 Å². The number of para-hydroxylation sites is 1. The molecule has 3 rings (SSSR count). The summed E-state index contributed by atoms with van der Waals surface area (Å²) < 4.78 is 2.24. The molecule has 1 aliphatic rings. The maximum atomic E-state index is 9.27. The zero-order valence-electron chi connectivity index (χ0n) is 10.2. The van der Waals surface area contributed by atoms with E-state index in [-0.39, 0.29) is 6.61 Å². The number of hydrogen-bond acceptors (Lipinski definition) is 3. The summed E-state index contributed by atoms with van der Waals surface area (Å²) in [6.45, 7) is 0.804. The fourth-order valence-corrected chi connectivity index (χ4v) is 2.17. The van der Waals surface area contributed by atoms with Crippen molar-refractivity contribution in [3.8, 4) is 0 Å². The van der Waals surface area contributed by atoms with Gasteiger partial charge in [-0.3, -0.25) is 0 Å². The zero-order chi connectivity index (χ0) is 12.4. The summed E-state index contributed by atoms with van der Waals surface area (Å²) in [5.41, 5.74) is 3.11. The molecule has 1 aromatic heterocycles. The number of imidazole rings is 1. The number of benzene rings is 1. The molecule has 0 spiro atoms. The van der Waals surface area contributed by atoms with E-state index in [1.54, 1.807) is 0 Å². The summed E-state index contributed by atoms with van der Waals surface area (Å²) in [6, 6.07) is 8.48. The lowest BCUT2D eigenvalue weighted by Gasteiger charge is -2.11. The molecule has 0 atom stereocenters. The molecule has 0 aliphatic heterocycles. The number of aromatic nitrogens is 2. The van der Waals surface area contributed by atoms with Gasteiger partial charge < -0.3 is 15.0 Å². The van der Waals surface area contributed by atoms with Crippen molar-refractivity contribution < 1.29 is 5.11 Å². The number of nitrogens with one attached hydrogen (secondary N) is 1. The zero-order valence-corrected chi connectivity index (χ0v) is 10.2. The van der Waals surface area contributed by atoms with Crippen molar-refractivity contribution in [2.24, 2.45) is 0 Å².